The van der Waals surface area contributed by atoms with Gasteiger partial charge in [0.15, 0.2) is 10.1 Å². The van der Waals surface area contributed by atoms with Crippen molar-refractivity contribution in [3.05, 3.63) is 51.8 Å². The minimum atomic E-state index is 0.0959. The Morgan fingerprint density at radius 3 is 2.88 bits per heavy atom. The van der Waals surface area contributed by atoms with Gasteiger partial charge in [-0.25, -0.2) is 0 Å². The van der Waals surface area contributed by atoms with Crippen molar-refractivity contribution in [3.63, 3.8) is 0 Å². The van der Waals surface area contributed by atoms with Crippen molar-refractivity contribution in [2.75, 3.05) is 11.1 Å². The van der Waals surface area contributed by atoms with Gasteiger partial charge in [-0.3, -0.25) is 4.79 Å². The van der Waals surface area contributed by atoms with Gasteiger partial charge in [-0.15, -0.1) is 10.2 Å². The highest BCUT2D eigenvalue weighted by atomic mass is 79.9. The zero-order valence-electron chi connectivity index (χ0n) is 13.1. The molecule has 5 nitrogen and oxygen atoms in total. The maximum absolute atomic E-state index is 12.3. The van der Waals surface area contributed by atoms with Gasteiger partial charge in [-0.05, 0) is 38.1 Å². The molecule has 0 bridgehead atoms. The minimum absolute atomic E-state index is 0.0959. The third kappa shape index (κ3) is 4.25. The van der Waals surface area contributed by atoms with E-state index in [1.54, 1.807) is 0 Å². The molecule has 24 heavy (non-hydrogen) atoms. The Labute approximate surface area is 156 Å². The van der Waals surface area contributed by atoms with E-state index in [1.807, 2.05) is 44.2 Å². The summed E-state index contributed by atoms with van der Waals surface area (Å²) in [6.45, 7) is 3.86. The fourth-order valence-electron chi connectivity index (χ4n) is 2.23. The highest BCUT2D eigenvalue weighted by Crippen LogP contribution is 2.29. The fourth-order valence-corrected chi connectivity index (χ4v) is 4.28. The summed E-state index contributed by atoms with van der Waals surface area (Å²) in [7, 11) is 0. The molecule has 0 saturated carbocycles. The Kier molecular flexibility index (Phi) is 5.37. The molecule has 0 unspecified atom stereocenters. The molecule has 8 heteroatoms. The SMILES string of the molecule is Cc1cc(C(=O)CSc2nnc(Nc3cccc(Br)c3)s2)c(C)[nH]1. The van der Waals surface area contributed by atoms with E-state index in [9.17, 15) is 4.79 Å². The highest BCUT2D eigenvalue weighted by Gasteiger charge is 2.14. The number of anilines is 2. The summed E-state index contributed by atoms with van der Waals surface area (Å²) in [6.07, 6.45) is 0. The number of H-pyrrole nitrogens is 1. The Morgan fingerprint density at radius 1 is 1.33 bits per heavy atom. The van der Waals surface area contributed by atoms with Crippen LogP contribution in [-0.2, 0) is 0 Å². The number of aromatic amines is 1. The standard InChI is InChI=1S/C16H15BrN4OS2/c1-9-6-13(10(2)18-9)14(22)8-23-16-21-20-15(24-16)19-12-5-3-4-11(17)7-12/h3-7,18H,8H2,1-2H3,(H,19,20). The van der Waals surface area contributed by atoms with Crippen molar-refractivity contribution in [2.45, 2.75) is 18.2 Å². The number of thioether (sulfide) groups is 1. The molecule has 124 valence electrons. The number of ketones is 1. The molecule has 2 aromatic heterocycles. The number of nitrogens with zero attached hydrogens (tertiary/aromatic N) is 2. The van der Waals surface area contributed by atoms with Crippen LogP contribution in [0, 0.1) is 13.8 Å². The molecule has 0 spiro atoms. The number of rotatable bonds is 6. The lowest BCUT2D eigenvalue weighted by Crippen LogP contribution is -2.02. The van der Waals surface area contributed by atoms with Gasteiger partial charge in [0.25, 0.3) is 0 Å². The first-order chi connectivity index (χ1) is 11.5. The Hall–Kier alpha value is -1.64. The van der Waals surface area contributed by atoms with Gasteiger partial charge in [-0.1, -0.05) is 45.1 Å². The maximum atomic E-state index is 12.3. The lowest BCUT2D eigenvalue weighted by Gasteiger charge is -2.01. The van der Waals surface area contributed by atoms with Crippen LogP contribution in [0.3, 0.4) is 0 Å². The Morgan fingerprint density at radius 2 is 2.17 bits per heavy atom. The molecule has 3 aromatic rings. The number of hydrogen-bond acceptors (Lipinski definition) is 6. The van der Waals surface area contributed by atoms with Gasteiger partial charge in [-0.2, -0.15) is 0 Å². The van der Waals surface area contributed by atoms with E-state index in [-0.39, 0.29) is 5.78 Å². The van der Waals surface area contributed by atoms with Crippen molar-refractivity contribution in [2.24, 2.45) is 0 Å². The van der Waals surface area contributed by atoms with Crippen LogP contribution in [0.2, 0.25) is 0 Å². The van der Waals surface area contributed by atoms with E-state index >= 15 is 0 Å². The quantitative estimate of drug-likeness (QED) is 0.433. The Balaban J connectivity index is 1.60. The molecular weight excluding hydrogens is 408 g/mol. The van der Waals surface area contributed by atoms with Crippen LogP contribution in [0.1, 0.15) is 21.7 Å². The smallest absolute Gasteiger partial charge is 0.210 e. The predicted molar refractivity (Wildman–Crippen MR) is 103 cm³/mol. The van der Waals surface area contributed by atoms with Crippen LogP contribution in [0.15, 0.2) is 39.1 Å². The molecule has 2 heterocycles. The largest absolute Gasteiger partial charge is 0.362 e. The summed E-state index contributed by atoms with van der Waals surface area (Å²) in [4.78, 5) is 15.4. The summed E-state index contributed by atoms with van der Waals surface area (Å²) in [5.74, 6) is 0.447. The van der Waals surface area contributed by atoms with Gasteiger partial charge in [0, 0.05) is 27.1 Å². The van der Waals surface area contributed by atoms with E-state index in [0.29, 0.717) is 10.9 Å². The zero-order valence-corrected chi connectivity index (χ0v) is 16.3. The molecule has 0 aliphatic heterocycles. The van der Waals surface area contributed by atoms with Gasteiger partial charge in [0.2, 0.25) is 5.13 Å². The van der Waals surface area contributed by atoms with Gasteiger partial charge < -0.3 is 10.3 Å². The van der Waals surface area contributed by atoms with Gasteiger partial charge >= 0.3 is 0 Å². The second-order valence-electron chi connectivity index (χ2n) is 5.21. The lowest BCUT2D eigenvalue weighted by atomic mass is 10.2. The minimum Gasteiger partial charge on any atom is -0.362 e. The molecule has 1 aromatic carbocycles. The monoisotopic (exact) mass is 422 g/mol. The summed E-state index contributed by atoms with van der Waals surface area (Å²) >= 11 is 6.28. The topological polar surface area (TPSA) is 70.7 Å². The lowest BCUT2D eigenvalue weighted by molar-refractivity contribution is 0.102. The number of carbonyl (C=O) groups is 1. The fraction of sp³-hybridized carbons (Fsp3) is 0.188. The molecule has 0 radical (unpaired) electrons. The van der Waals surface area contributed by atoms with Crippen LogP contribution in [0.4, 0.5) is 10.8 Å². The van der Waals surface area contributed by atoms with Crippen LogP contribution < -0.4 is 5.32 Å². The number of hydrogen-bond donors (Lipinski definition) is 2. The number of halogens is 1. The molecule has 3 rings (SSSR count). The summed E-state index contributed by atoms with van der Waals surface area (Å²) in [5, 5.41) is 12.2. The highest BCUT2D eigenvalue weighted by molar-refractivity contribution is 9.10. The van der Waals surface area contributed by atoms with E-state index < -0.39 is 0 Å². The number of aromatic nitrogens is 3. The van der Waals surface area contributed by atoms with Crippen molar-refractivity contribution in [1.29, 1.82) is 0 Å². The van der Waals surface area contributed by atoms with Gasteiger partial charge in [0.05, 0.1) is 5.75 Å². The number of nitrogens with one attached hydrogen (secondary N) is 2. The van der Waals surface area contributed by atoms with Crippen LogP contribution in [-0.4, -0.2) is 26.7 Å². The molecule has 0 saturated heterocycles. The normalized spacial score (nSPS) is 10.8. The van der Waals surface area contributed by atoms with Crippen LogP contribution >= 0.6 is 39.0 Å². The number of benzene rings is 1. The third-order valence-electron chi connectivity index (χ3n) is 3.26. The maximum Gasteiger partial charge on any atom is 0.210 e. The average Bonchev–Trinajstić information content (AvgIpc) is 3.11. The van der Waals surface area contributed by atoms with E-state index in [4.69, 9.17) is 0 Å². The molecule has 0 atom stereocenters. The van der Waals surface area contributed by atoms with Gasteiger partial charge in [0.1, 0.15) is 0 Å². The van der Waals surface area contributed by atoms with Crippen molar-refractivity contribution >= 4 is 55.6 Å². The first-order valence-corrected chi connectivity index (χ1v) is 9.79. The van der Waals surface area contributed by atoms with E-state index in [0.717, 1.165) is 31.5 Å². The van der Waals surface area contributed by atoms with Crippen LogP contribution in [0.25, 0.3) is 0 Å². The first-order valence-electron chi connectivity index (χ1n) is 7.19. The van der Waals surface area contributed by atoms with E-state index in [1.165, 1.54) is 23.1 Å². The molecule has 0 aliphatic rings. The average molecular weight is 423 g/mol. The van der Waals surface area contributed by atoms with Crippen molar-refractivity contribution in [1.82, 2.24) is 15.2 Å². The number of aryl methyl sites for hydroxylation is 2. The third-order valence-corrected chi connectivity index (χ3v) is 5.72. The summed E-state index contributed by atoms with van der Waals surface area (Å²) in [5.41, 5.74) is 3.59. The molecule has 0 amide bonds. The van der Waals surface area contributed by atoms with Crippen LogP contribution in [0.5, 0.6) is 0 Å². The summed E-state index contributed by atoms with van der Waals surface area (Å²) in [6, 6.07) is 9.72. The van der Waals surface area contributed by atoms with E-state index in [2.05, 4.69) is 36.4 Å². The zero-order chi connectivity index (χ0) is 17.1. The summed E-state index contributed by atoms with van der Waals surface area (Å²) < 4.78 is 1.76. The second kappa shape index (κ2) is 7.50. The molecule has 2 N–H and O–H groups in total. The van der Waals surface area contributed by atoms with Crippen molar-refractivity contribution < 1.29 is 4.79 Å². The number of Topliss-reactive ketones (excluding diaryl/α,β-unsaturated/α-hetero) is 1. The Bertz CT molecular complexity index is 875. The van der Waals surface area contributed by atoms with Crippen molar-refractivity contribution in [3.8, 4) is 0 Å². The first kappa shape index (κ1) is 17.2. The second-order valence-corrected chi connectivity index (χ2v) is 8.33. The molecule has 0 aliphatic carbocycles. The predicted octanol–water partition coefficient (Wildman–Crippen LogP) is 4.96. The molecule has 0 fully saturated rings. The molecular formula is C16H15BrN4OS2. The number of carbonyl (C=O) groups excluding carboxylic acids is 1.